The van der Waals surface area contributed by atoms with Crippen LogP contribution in [0.5, 0.6) is 0 Å². The number of benzene rings is 2. The standard InChI is InChI=1S/C27H30N4O/c1-20-21(2)28-19-29-27(20)30-25-11-9-24(10-12-25)26(32)13-8-22-14-16-31(17-15-22)18-23-6-4-3-5-7-23/h3-13,19,22H,14-18H2,1-2H3,(H,28,29,30)/b13-8+. The van der Waals surface area contributed by atoms with E-state index >= 15 is 0 Å². The Kier molecular flexibility index (Phi) is 7.07. The number of hydrogen-bond acceptors (Lipinski definition) is 5. The molecule has 0 amide bonds. The van der Waals surface area contributed by atoms with Crippen LogP contribution in [0.4, 0.5) is 11.5 Å². The number of rotatable bonds is 7. The van der Waals surface area contributed by atoms with E-state index < -0.39 is 0 Å². The van der Waals surface area contributed by atoms with Crippen LogP contribution in [0.15, 0.2) is 73.1 Å². The van der Waals surface area contributed by atoms with Crippen LogP contribution >= 0.6 is 0 Å². The Hall–Kier alpha value is -3.31. The molecule has 5 heteroatoms. The maximum absolute atomic E-state index is 12.6. The summed E-state index contributed by atoms with van der Waals surface area (Å²) in [5.41, 5.74) is 4.93. The Morgan fingerprint density at radius 3 is 2.47 bits per heavy atom. The molecule has 0 radical (unpaired) electrons. The van der Waals surface area contributed by atoms with Crippen molar-refractivity contribution in [2.75, 3.05) is 18.4 Å². The van der Waals surface area contributed by atoms with Crippen molar-refractivity contribution in [1.29, 1.82) is 0 Å². The smallest absolute Gasteiger partial charge is 0.185 e. The Labute approximate surface area is 190 Å². The number of carbonyl (C=O) groups excluding carboxylic acids is 1. The minimum atomic E-state index is 0.0531. The molecule has 32 heavy (non-hydrogen) atoms. The van der Waals surface area contributed by atoms with Gasteiger partial charge in [-0.1, -0.05) is 36.4 Å². The molecule has 1 N–H and O–H groups in total. The third-order valence-corrected chi connectivity index (χ3v) is 6.17. The van der Waals surface area contributed by atoms with Crippen LogP contribution in [-0.2, 0) is 6.54 Å². The second-order valence-electron chi connectivity index (χ2n) is 8.46. The maximum Gasteiger partial charge on any atom is 0.185 e. The molecule has 3 aromatic rings. The first-order valence-corrected chi connectivity index (χ1v) is 11.2. The fraction of sp³-hybridized carbons (Fsp3) is 0.296. The largest absolute Gasteiger partial charge is 0.340 e. The lowest BCUT2D eigenvalue weighted by Crippen LogP contribution is -2.32. The first-order chi connectivity index (χ1) is 15.6. The number of aryl methyl sites for hydroxylation is 1. The summed E-state index contributed by atoms with van der Waals surface area (Å²) in [6, 6.07) is 18.2. The van der Waals surface area contributed by atoms with Gasteiger partial charge in [-0.25, -0.2) is 9.97 Å². The van der Waals surface area contributed by atoms with E-state index in [0.29, 0.717) is 11.5 Å². The van der Waals surface area contributed by atoms with Crippen molar-refractivity contribution in [3.8, 4) is 0 Å². The van der Waals surface area contributed by atoms with Gasteiger partial charge in [0.2, 0.25) is 0 Å². The zero-order chi connectivity index (χ0) is 22.3. The summed E-state index contributed by atoms with van der Waals surface area (Å²) in [6.45, 7) is 7.10. The van der Waals surface area contributed by atoms with Crippen LogP contribution in [0.1, 0.15) is 40.0 Å². The average molecular weight is 427 g/mol. The predicted molar refractivity (Wildman–Crippen MR) is 129 cm³/mol. The summed E-state index contributed by atoms with van der Waals surface area (Å²) in [7, 11) is 0. The van der Waals surface area contributed by atoms with Crippen molar-refractivity contribution in [3.05, 3.63) is 95.5 Å². The summed E-state index contributed by atoms with van der Waals surface area (Å²) in [5, 5.41) is 3.30. The van der Waals surface area contributed by atoms with Gasteiger partial charge in [-0.15, -0.1) is 0 Å². The van der Waals surface area contributed by atoms with E-state index in [2.05, 4.69) is 56.6 Å². The second kappa shape index (κ2) is 10.3. The van der Waals surface area contributed by atoms with Gasteiger partial charge in [-0.3, -0.25) is 9.69 Å². The summed E-state index contributed by atoms with van der Waals surface area (Å²) >= 11 is 0. The Balaban J connectivity index is 1.28. The van der Waals surface area contributed by atoms with E-state index in [9.17, 15) is 4.79 Å². The minimum absolute atomic E-state index is 0.0531. The van der Waals surface area contributed by atoms with Crippen LogP contribution < -0.4 is 5.32 Å². The normalized spacial score (nSPS) is 15.2. The topological polar surface area (TPSA) is 58.1 Å². The van der Waals surface area contributed by atoms with Crippen molar-refractivity contribution in [2.45, 2.75) is 33.2 Å². The second-order valence-corrected chi connectivity index (χ2v) is 8.46. The average Bonchev–Trinajstić information content (AvgIpc) is 2.82. The van der Waals surface area contributed by atoms with Gasteiger partial charge in [0, 0.05) is 29.1 Å². The molecule has 0 bridgehead atoms. The van der Waals surface area contributed by atoms with Gasteiger partial charge in [-0.05, 0) is 81.6 Å². The molecule has 0 atom stereocenters. The zero-order valence-electron chi connectivity index (χ0n) is 18.8. The highest BCUT2D eigenvalue weighted by molar-refractivity contribution is 6.04. The number of hydrogen-bond donors (Lipinski definition) is 1. The molecule has 1 fully saturated rings. The number of nitrogens with one attached hydrogen (secondary N) is 1. The number of piperidine rings is 1. The van der Waals surface area contributed by atoms with E-state index in [1.54, 1.807) is 12.4 Å². The molecule has 1 aromatic heterocycles. The van der Waals surface area contributed by atoms with Crippen LogP contribution in [-0.4, -0.2) is 33.7 Å². The maximum atomic E-state index is 12.6. The number of aromatic nitrogens is 2. The number of likely N-dealkylation sites (tertiary alicyclic amines) is 1. The van der Waals surface area contributed by atoms with E-state index in [-0.39, 0.29) is 5.78 Å². The molecule has 0 aliphatic carbocycles. The highest BCUT2D eigenvalue weighted by Crippen LogP contribution is 2.22. The summed E-state index contributed by atoms with van der Waals surface area (Å²) in [5.74, 6) is 1.31. The van der Waals surface area contributed by atoms with Crippen LogP contribution in [0, 0.1) is 19.8 Å². The van der Waals surface area contributed by atoms with Gasteiger partial charge in [0.15, 0.2) is 5.78 Å². The summed E-state index contributed by atoms with van der Waals surface area (Å²) < 4.78 is 0. The van der Waals surface area contributed by atoms with E-state index in [1.807, 2.05) is 38.1 Å². The first-order valence-electron chi connectivity index (χ1n) is 11.2. The first kappa shape index (κ1) is 21.9. The summed E-state index contributed by atoms with van der Waals surface area (Å²) in [6.07, 6.45) is 7.59. The van der Waals surface area contributed by atoms with Crippen LogP contribution in [0.25, 0.3) is 0 Å². The highest BCUT2D eigenvalue weighted by Gasteiger charge is 2.17. The van der Waals surface area contributed by atoms with Crippen molar-refractivity contribution in [1.82, 2.24) is 14.9 Å². The Morgan fingerprint density at radius 1 is 1.03 bits per heavy atom. The zero-order valence-corrected chi connectivity index (χ0v) is 18.8. The lowest BCUT2D eigenvalue weighted by Gasteiger charge is -2.30. The van der Waals surface area contributed by atoms with Crippen molar-refractivity contribution < 1.29 is 4.79 Å². The molecule has 5 nitrogen and oxygen atoms in total. The van der Waals surface area contributed by atoms with Gasteiger partial charge >= 0.3 is 0 Å². The molecular weight excluding hydrogens is 396 g/mol. The highest BCUT2D eigenvalue weighted by atomic mass is 16.1. The predicted octanol–water partition coefficient (Wildman–Crippen LogP) is 5.49. The van der Waals surface area contributed by atoms with E-state index in [4.69, 9.17) is 0 Å². The number of nitrogens with zero attached hydrogens (tertiary/aromatic N) is 3. The van der Waals surface area contributed by atoms with Gasteiger partial charge in [0.25, 0.3) is 0 Å². The number of ketones is 1. The Morgan fingerprint density at radius 2 is 1.75 bits per heavy atom. The lowest BCUT2D eigenvalue weighted by atomic mass is 9.95. The molecule has 4 rings (SSSR count). The summed E-state index contributed by atoms with van der Waals surface area (Å²) in [4.78, 5) is 23.6. The minimum Gasteiger partial charge on any atom is -0.340 e. The van der Waals surface area contributed by atoms with Gasteiger partial charge in [0.05, 0.1) is 0 Å². The molecule has 1 saturated heterocycles. The monoisotopic (exact) mass is 426 g/mol. The molecule has 0 spiro atoms. The van der Waals surface area contributed by atoms with Gasteiger partial charge < -0.3 is 5.32 Å². The van der Waals surface area contributed by atoms with Crippen molar-refractivity contribution >= 4 is 17.3 Å². The molecule has 2 aromatic carbocycles. The fourth-order valence-corrected chi connectivity index (χ4v) is 3.98. The molecule has 0 unspecified atom stereocenters. The van der Waals surface area contributed by atoms with Gasteiger partial charge in [-0.2, -0.15) is 0 Å². The Bertz CT molecular complexity index is 1070. The van der Waals surface area contributed by atoms with Gasteiger partial charge in [0.1, 0.15) is 12.1 Å². The van der Waals surface area contributed by atoms with Crippen LogP contribution in [0.2, 0.25) is 0 Å². The third-order valence-electron chi connectivity index (χ3n) is 6.17. The molecule has 164 valence electrons. The number of anilines is 2. The van der Waals surface area contributed by atoms with Crippen molar-refractivity contribution in [2.24, 2.45) is 5.92 Å². The van der Waals surface area contributed by atoms with E-state index in [1.165, 1.54) is 5.56 Å². The number of allylic oxidation sites excluding steroid dienone is 2. The van der Waals surface area contributed by atoms with Crippen molar-refractivity contribution in [3.63, 3.8) is 0 Å². The molecular formula is C27H30N4O. The fourth-order valence-electron chi connectivity index (χ4n) is 3.98. The third kappa shape index (κ3) is 5.68. The number of carbonyl (C=O) groups is 1. The molecule has 1 aliphatic heterocycles. The molecule has 2 heterocycles. The molecule has 1 aliphatic rings. The lowest BCUT2D eigenvalue weighted by molar-refractivity contribution is 0.104. The van der Waals surface area contributed by atoms with E-state index in [0.717, 1.165) is 55.2 Å². The SMILES string of the molecule is Cc1ncnc(Nc2ccc(C(=O)/C=C/C3CCN(Cc4ccccc4)CC3)cc2)c1C. The molecule has 0 saturated carbocycles. The quantitative estimate of drug-likeness (QED) is 0.400. The van der Waals surface area contributed by atoms with Crippen LogP contribution in [0.3, 0.4) is 0 Å².